The van der Waals surface area contributed by atoms with Crippen LogP contribution in [0.2, 0.25) is 0 Å². The average molecular weight is 334 g/mol. The lowest BCUT2D eigenvalue weighted by Gasteiger charge is -2.21. The molecule has 4 nitrogen and oxygen atoms in total. The topological polar surface area (TPSA) is 58.2 Å². The minimum atomic E-state index is -0.0281. The van der Waals surface area contributed by atoms with Crippen LogP contribution in [0.25, 0.3) is 0 Å². The first kappa shape index (κ1) is 17.9. The van der Waals surface area contributed by atoms with E-state index >= 15 is 0 Å². The Kier molecular flexibility index (Phi) is 6.51. The maximum absolute atomic E-state index is 12.3. The van der Waals surface area contributed by atoms with Gasteiger partial charge in [-0.25, -0.2) is 0 Å². The fourth-order valence-corrected chi connectivity index (χ4v) is 3.60. The molecule has 2 amide bonds. The zero-order valence-corrected chi connectivity index (χ0v) is 15.0. The van der Waals surface area contributed by atoms with Gasteiger partial charge >= 0.3 is 0 Å². The molecule has 0 bridgehead atoms. The summed E-state index contributed by atoms with van der Waals surface area (Å²) in [6.45, 7) is 6.13. The predicted octanol–water partition coefficient (Wildman–Crippen LogP) is 3.67. The molecule has 2 atom stereocenters. The summed E-state index contributed by atoms with van der Waals surface area (Å²) in [6.07, 6.45) is 3.60. The molecular weight excluding hydrogens is 308 g/mol. The Balaban J connectivity index is 1.94. The first-order chi connectivity index (χ1) is 11.0. The zero-order valence-electron chi connectivity index (χ0n) is 14.1. The van der Waals surface area contributed by atoms with Crippen molar-refractivity contribution in [1.29, 1.82) is 0 Å². The molecule has 2 rings (SSSR count). The molecule has 5 heteroatoms. The highest BCUT2D eigenvalue weighted by Crippen LogP contribution is 2.26. The van der Waals surface area contributed by atoms with Crippen LogP contribution in [0.1, 0.15) is 57.2 Å². The van der Waals surface area contributed by atoms with E-state index in [0.29, 0.717) is 6.42 Å². The molecule has 0 aliphatic carbocycles. The Morgan fingerprint density at radius 2 is 2.13 bits per heavy atom. The molecule has 1 aliphatic rings. The van der Waals surface area contributed by atoms with Gasteiger partial charge in [-0.1, -0.05) is 25.5 Å². The van der Waals surface area contributed by atoms with E-state index in [9.17, 15) is 9.59 Å². The molecule has 0 saturated heterocycles. The van der Waals surface area contributed by atoms with E-state index in [2.05, 4.69) is 23.6 Å². The van der Waals surface area contributed by atoms with Gasteiger partial charge in [-0.05, 0) is 49.6 Å². The second-order valence-corrected chi connectivity index (χ2v) is 7.51. The molecule has 2 N–H and O–H groups in total. The van der Waals surface area contributed by atoms with Gasteiger partial charge in [0, 0.05) is 12.1 Å². The molecule has 0 unspecified atom stereocenters. The summed E-state index contributed by atoms with van der Waals surface area (Å²) in [5.74, 6) is 1.19. The van der Waals surface area contributed by atoms with Crippen LogP contribution < -0.4 is 10.6 Å². The van der Waals surface area contributed by atoms with Crippen molar-refractivity contribution in [3.05, 3.63) is 29.3 Å². The van der Waals surface area contributed by atoms with Crippen LogP contribution in [0, 0.1) is 0 Å². The van der Waals surface area contributed by atoms with Crippen molar-refractivity contribution >= 4 is 29.3 Å². The predicted molar refractivity (Wildman–Crippen MR) is 96.8 cm³/mol. The van der Waals surface area contributed by atoms with Crippen molar-refractivity contribution < 1.29 is 9.59 Å². The van der Waals surface area contributed by atoms with Crippen LogP contribution >= 0.6 is 11.8 Å². The van der Waals surface area contributed by atoms with Gasteiger partial charge in [-0.2, -0.15) is 0 Å². The third-order valence-electron chi connectivity index (χ3n) is 4.12. The van der Waals surface area contributed by atoms with Crippen LogP contribution in [0.3, 0.4) is 0 Å². The summed E-state index contributed by atoms with van der Waals surface area (Å²) in [4.78, 5) is 23.7. The zero-order chi connectivity index (χ0) is 16.8. The molecule has 0 fully saturated rings. The maximum atomic E-state index is 12.3. The highest BCUT2D eigenvalue weighted by atomic mass is 32.2. The van der Waals surface area contributed by atoms with Crippen LogP contribution in [0.4, 0.5) is 5.69 Å². The van der Waals surface area contributed by atoms with Crippen LogP contribution in [-0.2, 0) is 16.0 Å². The summed E-state index contributed by atoms with van der Waals surface area (Å²) in [7, 11) is 0. The molecule has 0 aromatic heterocycles. The quantitative estimate of drug-likeness (QED) is 0.748. The number of hydrogen-bond acceptors (Lipinski definition) is 3. The normalized spacial score (nSPS) is 16.2. The van der Waals surface area contributed by atoms with Crippen molar-refractivity contribution in [2.75, 3.05) is 11.1 Å². The lowest BCUT2D eigenvalue weighted by atomic mass is 9.98. The highest BCUT2D eigenvalue weighted by Gasteiger charge is 2.19. The standard InChI is InChI=1S/C18H26N2O2S/c1-4-5-10-23-13(3)18(22)19-12(2)14-6-8-16-15(11-14)7-9-17(21)20-16/h6,8,11-13H,4-5,7,9-10H2,1-3H3,(H,19,22)(H,20,21)/t12-,13-/m1/s1. The Bertz CT molecular complexity index is 574. The lowest BCUT2D eigenvalue weighted by Crippen LogP contribution is -2.33. The van der Waals surface area contributed by atoms with Gasteiger partial charge in [0.2, 0.25) is 11.8 Å². The Hall–Kier alpha value is -1.49. The van der Waals surface area contributed by atoms with Gasteiger partial charge in [0.25, 0.3) is 0 Å². The number of unbranched alkanes of at least 4 members (excludes halogenated alkanes) is 1. The third kappa shape index (κ3) is 4.99. The van der Waals surface area contributed by atoms with E-state index in [-0.39, 0.29) is 23.1 Å². The molecule has 1 aromatic carbocycles. The Morgan fingerprint density at radius 1 is 1.35 bits per heavy atom. The van der Waals surface area contributed by atoms with Gasteiger partial charge < -0.3 is 10.6 Å². The van der Waals surface area contributed by atoms with Gasteiger partial charge in [0.05, 0.1) is 11.3 Å². The van der Waals surface area contributed by atoms with Gasteiger partial charge in [0.15, 0.2) is 0 Å². The summed E-state index contributed by atoms with van der Waals surface area (Å²) in [6, 6.07) is 5.97. The number of amides is 2. The van der Waals surface area contributed by atoms with Crippen molar-refractivity contribution in [2.24, 2.45) is 0 Å². The highest BCUT2D eigenvalue weighted by molar-refractivity contribution is 8.00. The van der Waals surface area contributed by atoms with Crippen molar-refractivity contribution in [3.63, 3.8) is 0 Å². The summed E-state index contributed by atoms with van der Waals surface area (Å²) >= 11 is 1.71. The maximum Gasteiger partial charge on any atom is 0.233 e. The number of aryl methyl sites for hydroxylation is 1. The van der Waals surface area contributed by atoms with Crippen molar-refractivity contribution in [1.82, 2.24) is 5.32 Å². The number of fused-ring (bicyclic) bond motifs is 1. The Labute approximate surface area is 142 Å². The molecule has 1 aliphatic heterocycles. The monoisotopic (exact) mass is 334 g/mol. The smallest absolute Gasteiger partial charge is 0.233 e. The molecule has 126 valence electrons. The summed E-state index contributed by atoms with van der Waals surface area (Å²) in [5, 5.41) is 5.95. The molecule has 0 spiro atoms. The number of nitrogens with one attached hydrogen (secondary N) is 2. The largest absolute Gasteiger partial charge is 0.349 e. The number of anilines is 1. The van der Waals surface area contributed by atoms with Gasteiger partial charge in [0.1, 0.15) is 0 Å². The van der Waals surface area contributed by atoms with E-state index < -0.39 is 0 Å². The van der Waals surface area contributed by atoms with E-state index in [1.165, 1.54) is 0 Å². The van der Waals surface area contributed by atoms with E-state index in [1.54, 1.807) is 11.8 Å². The van der Waals surface area contributed by atoms with Gasteiger partial charge in [-0.15, -0.1) is 11.8 Å². The molecule has 1 aromatic rings. The minimum Gasteiger partial charge on any atom is -0.349 e. The minimum absolute atomic E-state index is 0.0269. The number of rotatable bonds is 7. The molecule has 23 heavy (non-hydrogen) atoms. The van der Waals surface area contributed by atoms with Crippen molar-refractivity contribution in [3.8, 4) is 0 Å². The number of carbonyl (C=O) groups excluding carboxylic acids is 2. The van der Waals surface area contributed by atoms with Crippen molar-refractivity contribution in [2.45, 2.75) is 57.7 Å². The number of thioether (sulfide) groups is 1. The van der Waals surface area contributed by atoms with Crippen LogP contribution in [-0.4, -0.2) is 22.8 Å². The first-order valence-corrected chi connectivity index (χ1v) is 9.40. The average Bonchev–Trinajstić information content (AvgIpc) is 2.54. The lowest BCUT2D eigenvalue weighted by molar-refractivity contribution is -0.121. The van der Waals surface area contributed by atoms with Crippen LogP contribution in [0.5, 0.6) is 0 Å². The number of carbonyl (C=O) groups is 2. The second kappa shape index (κ2) is 8.39. The first-order valence-electron chi connectivity index (χ1n) is 8.36. The molecule has 1 heterocycles. The summed E-state index contributed by atoms with van der Waals surface area (Å²) < 4.78 is 0. The molecule has 0 radical (unpaired) electrons. The SMILES string of the molecule is CCCCS[C@H](C)C(=O)N[C@H](C)c1ccc2c(c1)CCC(=O)N2. The fourth-order valence-electron chi connectivity index (χ4n) is 2.57. The second-order valence-electron chi connectivity index (χ2n) is 6.06. The van der Waals surface area contributed by atoms with E-state index in [4.69, 9.17) is 0 Å². The number of benzene rings is 1. The third-order valence-corrected chi connectivity index (χ3v) is 5.36. The molecule has 0 saturated carbocycles. The summed E-state index contributed by atoms with van der Waals surface area (Å²) in [5.41, 5.74) is 3.12. The fraction of sp³-hybridized carbons (Fsp3) is 0.556. The van der Waals surface area contributed by atoms with E-state index in [0.717, 1.165) is 41.8 Å². The Morgan fingerprint density at radius 3 is 2.87 bits per heavy atom. The van der Waals surface area contributed by atoms with Gasteiger partial charge in [-0.3, -0.25) is 9.59 Å². The number of hydrogen-bond donors (Lipinski definition) is 2. The van der Waals surface area contributed by atoms with E-state index in [1.807, 2.05) is 26.0 Å². The molecular formula is C18H26N2O2S. The van der Waals surface area contributed by atoms with Crippen LogP contribution in [0.15, 0.2) is 18.2 Å².